The molecule has 1 saturated heterocycles. The molecule has 2 aromatic rings. The Hall–Kier alpha value is -2.28. The van der Waals surface area contributed by atoms with Crippen molar-refractivity contribution in [2.45, 2.75) is 25.4 Å². The zero-order chi connectivity index (χ0) is 14.5. The van der Waals surface area contributed by atoms with E-state index < -0.39 is 0 Å². The van der Waals surface area contributed by atoms with E-state index in [0.717, 1.165) is 32.5 Å². The second kappa shape index (κ2) is 6.45. The summed E-state index contributed by atoms with van der Waals surface area (Å²) in [5.41, 5.74) is 1.19. The van der Waals surface area contributed by atoms with Crippen molar-refractivity contribution in [3.05, 3.63) is 42.2 Å². The number of H-pyrrole nitrogens is 1. The minimum Gasteiger partial charge on any atom is -0.345 e. The number of nitrogens with zero attached hydrogens (tertiary/aromatic N) is 4. The fraction of sp³-hybridized carbons (Fsp3) is 0.429. The highest BCUT2D eigenvalue weighted by Gasteiger charge is 2.22. The van der Waals surface area contributed by atoms with Crippen molar-refractivity contribution in [2.75, 3.05) is 13.1 Å². The number of piperidine rings is 1. The molecule has 3 heterocycles. The Morgan fingerprint density at radius 2 is 2.48 bits per heavy atom. The van der Waals surface area contributed by atoms with Crippen LogP contribution in [-0.2, 0) is 6.54 Å². The van der Waals surface area contributed by atoms with Crippen molar-refractivity contribution >= 4 is 5.91 Å². The van der Waals surface area contributed by atoms with E-state index in [0.29, 0.717) is 0 Å². The maximum Gasteiger partial charge on any atom is 0.288 e. The van der Waals surface area contributed by atoms with Gasteiger partial charge in [-0.3, -0.25) is 19.8 Å². The van der Waals surface area contributed by atoms with E-state index in [2.05, 4.69) is 36.4 Å². The van der Waals surface area contributed by atoms with Gasteiger partial charge in [-0.25, -0.2) is 4.98 Å². The van der Waals surface area contributed by atoms with E-state index >= 15 is 0 Å². The molecule has 110 valence electrons. The molecule has 0 radical (unpaired) electrons. The molecule has 1 atom stereocenters. The van der Waals surface area contributed by atoms with E-state index in [1.54, 1.807) is 6.20 Å². The summed E-state index contributed by atoms with van der Waals surface area (Å²) in [5, 5.41) is 9.28. The Morgan fingerprint density at radius 3 is 3.24 bits per heavy atom. The van der Waals surface area contributed by atoms with Gasteiger partial charge in [-0.2, -0.15) is 5.10 Å². The van der Waals surface area contributed by atoms with E-state index in [1.807, 2.05) is 12.3 Å². The summed E-state index contributed by atoms with van der Waals surface area (Å²) in [6.45, 7) is 2.75. The molecule has 1 aliphatic heterocycles. The summed E-state index contributed by atoms with van der Waals surface area (Å²) in [7, 11) is 0. The average molecular weight is 286 g/mol. The van der Waals surface area contributed by atoms with Gasteiger partial charge >= 0.3 is 0 Å². The lowest BCUT2D eigenvalue weighted by atomic mass is 10.0. The number of nitrogens with one attached hydrogen (secondary N) is 2. The van der Waals surface area contributed by atoms with Crippen LogP contribution in [0.5, 0.6) is 0 Å². The minimum atomic E-state index is -0.194. The number of rotatable bonds is 4. The zero-order valence-electron chi connectivity index (χ0n) is 11.7. The normalized spacial score (nSPS) is 19.3. The molecule has 1 amide bonds. The third-order valence-corrected chi connectivity index (χ3v) is 3.60. The Morgan fingerprint density at radius 1 is 1.52 bits per heavy atom. The number of carbonyl (C=O) groups is 1. The average Bonchev–Trinajstić information content (AvgIpc) is 3.03. The quantitative estimate of drug-likeness (QED) is 0.859. The van der Waals surface area contributed by atoms with Crippen LogP contribution in [0.15, 0.2) is 30.9 Å². The first-order valence-corrected chi connectivity index (χ1v) is 7.09. The lowest BCUT2D eigenvalue weighted by Crippen LogP contribution is -2.47. The summed E-state index contributed by atoms with van der Waals surface area (Å²) in [6.07, 6.45) is 7.06. The fourth-order valence-electron chi connectivity index (χ4n) is 2.64. The van der Waals surface area contributed by atoms with Gasteiger partial charge in [0.15, 0.2) is 0 Å². The molecule has 0 aliphatic carbocycles. The molecule has 0 spiro atoms. The molecule has 0 bridgehead atoms. The highest BCUT2D eigenvalue weighted by Crippen LogP contribution is 2.13. The molecule has 1 aliphatic rings. The van der Waals surface area contributed by atoms with E-state index in [-0.39, 0.29) is 17.8 Å². The van der Waals surface area contributed by atoms with Gasteiger partial charge in [-0.05, 0) is 31.0 Å². The van der Waals surface area contributed by atoms with Gasteiger partial charge in [0, 0.05) is 31.5 Å². The van der Waals surface area contributed by atoms with E-state index in [9.17, 15) is 4.79 Å². The van der Waals surface area contributed by atoms with Crippen molar-refractivity contribution in [2.24, 2.45) is 0 Å². The molecule has 21 heavy (non-hydrogen) atoms. The number of aromatic amines is 1. The van der Waals surface area contributed by atoms with Crippen molar-refractivity contribution in [3.63, 3.8) is 0 Å². The highest BCUT2D eigenvalue weighted by atomic mass is 16.2. The van der Waals surface area contributed by atoms with Gasteiger partial charge < -0.3 is 5.32 Å². The molecule has 2 aromatic heterocycles. The first kappa shape index (κ1) is 13.7. The third kappa shape index (κ3) is 3.63. The maximum atomic E-state index is 12.0. The summed E-state index contributed by atoms with van der Waals surface area (Å²) >= 11 is 0. The first-order chi connectivity index (χ1) is 10.3. The first-order valence-electron chi connectivity index (χ1n) is 7.09. The second-order valence-electron chi connectivity index (χ2n) is 5.24. The van der Waals surface area contributed by atoms with Crippen molar-refractivity contribution in [1.29, 1.82) is 0 Å². The Balaban J connectivity index is 1.55. The summed E-state index contributed by atoms with van der Waals surface area (Å²) in [4.78, 5) is 22.3. The molecule has 7 nitrogen and oxygen atoms in total. The van der Waals surface area contributed by atoms with Crippen LogP contribution in [0.1, 0.15) is 29.0 Å². The molecule has 7 heteroatoms. The van der Waals surface area contributed by atoms with Gasteiger partial charge in [0.1, 0.15) is 6.33 Å². The predicted molar refractivity (Wildman–Crippen MR) is 76.4 cm³/mol. The summed E-state index contributed by atoms with van der Waals surface area (Å²) in [6, 6.07) is 4.17. The number of carbonyl (C=O) groups excluding carboxylic acids is 1. The van der Waals surface area contributed by atoms with Gasteiger partial charge in [-0.15, -0.1) is 0 Å². The third-order valence-electron chi connectivity index (χ3n) is 3.60. The molecular formula is C14H18N6O. The van der Waals surface area contributed by atoms with Crippen LogP contribution in [0.4, 0.5) is 0 Å². The van der Waals surface area contributed by atoms with Crippen LogP contribution in [0.3, 0.4) is 0 Å². The predicted octanol–water partition coefficient (Wildman–Crippen LogP) is 0.594. The summed E-state index contributed by atoms with van der Waals surface area (Å²) < 4.78 is 0. The van der Waals surface area contributed by atoms with Gasteiger partial charge in [-0.1, -0.05) is 6.07 Å². The van der Waals surface area contributed by atoms with Crippen molar-refractivity contribution < 1.29 is 4.79 Å². The molecule has 2 N–H and O–H groups in total. The molecular weight excluding hydrogens is 268 g/mol. The van der Waals surface area contributed by atoms with Gasteiger partial charge in [0.05, 0.1) is 0 Å². The van der Waals surface area contributed by atoms with Crippen LogP contribution in [-0.4, -0.2) is 50.1 Å². The number of hydrogen-bond donors (Lipinski definition) is 2. The SMILES string of the molecule is O=C(N[C@H]1CCCN(Cc2cccnc2)C1)c1ncn[nH]1. The number of amides is 1. The standard InChI is InChI=1S/C14H18N6O/c21-14(13-16-10-17-19-13)18-12-4-2-6-20(9-12)8-11-3-1-5-15-7-11/h1,3,5,7,10,12H,2,4,6,8-9H2,(H,18,21)(H,16,17,19)/t12-/m0/s1. The van der Waals surface area contributed by atoms with Crippen LogP contribution in [0, 0.1) is 0 Å². The second-order valence-corrected chi connectivity index (χ2v) is 5.24. The highest BCUT2D eigenvalue weighted by molar-refractivity contribution is 5.90. The number of aromatic nitrogens is 4. The fourth-order valence-corrected chi connectivity index (χ4v) is 2.64. The molecule has 0 saturated carbocycles. The summed E-state index contributed by atoms with van der Waals surface area (Å²) in [5.74, 6) is 0.0695. The lowest BCUT2D eigenvalue weighted by Gasteiger charge is -2.32. The van der Waals surface area contributed by atoms with Crippen LogP contribution >= 0.6 is 0 Å². The zero-order valence-corrected chi connectivity index (χ0v) is 11.7. The monoisotopic (exact) mass is 286 g/mol. The molecule has 0 aromatic carbocycles. The maximum absolute atomic E-state index is 12.0. The Kier molecular flexibility index (Phi) is 4.20. The van der Waals surface area contributed by atoms with Crippen LogP contribution < -0.4 is 5.32 Å². The Bertz CT molecular complexity index is 570. The van der Waals surface area contributed by atoms with Gasteiger partial charge in [0.25, 0.3) is 5.91 Å². The number of pyridine rings is 1. The largest absolute Gasteiger partial charge is 0.345 e. The minimum absolute atomic E-state index is 0.146. The molecule has 3 rings (SSSR count). The van der Waals surface area contributed by atoms with Crippen LogP contribution in [0.25, 0.3) is 0 Å². The smallest absolute Gasteiger partial charge is 0.288 e. The van der Waals surface area contributed by atoms with E-state index in [4.69, 9.17) is 0 Å². The van der Waals surface area contributed by atoms with Gasteiger partial charge in [0.2, 0.25) is 5.82 Å². The van der Waals surface area contributed by atoms with Crippen molar-refractivity contribution in [1.82, 2.24) is 30.4 Å². The topological polar surface area (TPSA) is 86.8 Å². The Labute approximate surface area is 122 Å². The number of likely N-dealkylation sites (tertiary alicyclic amines) is 1. The molecule has 1 fully saturated rings. The molecule has 0 unspecified atom stereocenters. The van der Waals surface area contributed by atoms with Crippen LogP contribution in [0.2, 0.25) is 0 Å². The lowest BCUT2D eigenvalue weighted by molar-refractivity contribution is 0.0890. The van der Waals surface area contributed by atoms with Crippen molar-refractivity contribution in [3.8, 4) is 0 Å². The van der Waals surface area contributed by atoms with E-state index in [1.165, 1.54) is 11.9 Å². The number of hydrogen-bond acceptors (Lipinski definition) is 5.